The summed E-state index contributed by atoms with van der Waals surface area (Å²) in [4.78, 5) is 3.58. The van der Waals surface area contributed by atoms with Crippen molar-refractivity contribution < 1.29 is 13.5 Å². The van der Waals surface area contributed by atoms with Crippen LogP contribution in [0.25, 0.3) is 0 Å². The zero-order valence-electron chi connectivity index (χ0n) is 9.03. The highest BCUT2D eigenvalue weighted by molar-refractivity contribution is 5.85. The van der Waals surface area contributed by atoms with Crippen LogP contribution in [0.2, 0.25) is 0 Å². The summed E-state index contributed by atoms with van der Waals surface area (Å²) in [5, 5.41) is 3.27. The van der Waals surface area contributed by atoms with E-state index in [1.165, 1.54) is 0 Å². The first-order valence-electron chi connectivity index (χ1n) is 5.40. The van der Waals surface area contributed by atoms with Crippen molar-refractivity contribution in [1.29, 1.82) is 0 Å². The highest BCUT2D eigenvalue weighted by Crippen LogP contribution is 2.48. The number of rotatable bonds is 3. The van der Waals surface area contributed by atoms with Crippen LogP contribution in [0.3, 0.4) is 0 Å². The molecule has 94 valence electrons. The van der Waals surface area contributed by atoms with E-state index in [-0.39, 0.29) is 18.3 Å². The Balaban J connectivity index is 0.00000108. The molecule has 1 aromatic heterocycles. The summed E-state index contributed by atoms with van der Waals surface area (Å²) >= 11 is 0. The number of nitrogens with one attached hydrogen (secondary N) is 1. The Morgan fingerprint density at radius 3 is 2.71 bits per heavy atom. The van der Waals surface area contributed by atoms with Crippen LogP contribution in [-0.4, -0.2) is 24.7 Å². The summed E-state index contributed by atoms with van der Waals surface area (Å²) in [7, 11) is 0. The van der Waals surface area contributed by atoms with Crippen LogP contribution in [0.15, 0.2) is 12.3 Å². The van der Waals surface area contributed by atoms with Crippen molar-refractivity contribution in [1.82, 2.24) is 10.3 Å². The van der Waals surface area contributed by atoms with Gasteiger partial charge in [-0.3, -0.25) is 0 Å². The largest absolute Gasteiger partial charge is 0.475 e. The van der Waals surface area contributed by atoms with Gasteiger partial charge in [-0.25, -0.2) is 13.8 Å². The van der Waals surface area contributed by atoms with Crippen molar-refractivity contribution in [3.63, 3.8) is 0 Å². The monoisotopic (exact) mass is 262 g/mol. The van der Waals surface area contributed by atoms with Gasteiger partial charge in [0.15, 0.2) is 5.82 Å². The molecule has 1 saturated carbocycles. The molecular weight excluding hydrogens is 250 g/mol. The first-order chi connectivity index (χ1) is 7.75. The number of fused-ring (bicyclic) bond motifs is 1. The molecule has 1 aromatic rings. The van der Waals surface area contributed by atoms with Gasteiger partial charge >= 0.3 is 0 Å². The third-order valence-corrected chi connectivity index (χ3v) is 3.46. The van der Waals surface area contributed by atoms with Crippen molar-refractivity contribution in [3.8, 4) is 5.88 Å². The molecule has 3 nitrogen and oxygen atoms in total. The molecule has 0 spiro atoms. The molecule has 1 saturated heterocycles. The third-order valence-electron chi connectivity index (χ3n) is 3.46. The number of hydrogen-bond donors (Lipinski definition) is 1. The molecule has 0 bridgehead atoms. The van der Waals surface area contributed by atoms with E-state index in [9.17, 15) is 8.78 Å². The van der Waals surface area contributed by atoms with E-state index >= 15 is 0 Å². The molecule has 1 unspecified atom stereocenters. The maximum atomic E-state index is 13.2. The lowest BCUT2D eigenvalue weighted by atomic mass is 10.3. The van der Waals surface area contributed by atoms with Crippen molar-refractivity contribution in [2.45, 2.75) is 0 Å². The van der Waals surface area contributed by atoms with E-state index in [4.69, 9.17) is 4.74 Å². The molecule has 1 aliphatic carbocycles. The van der Waals surface area contributed by atoms with Crippen LogP contribution in [0.1, 0.15) is 0 Å². The standard InChI is InChI=1S/C11H12F2N2O.ClH/c12-6-1-10(13)11(15-2-6)16-5-9-7-3-14-4-8(7)9;/h1-2,7-9,14H,3-5H2;1H/t7-,8+,9?;. The predicted octanol–water partition coefficient (Wildman–Crippen LogP) is 1.63. The van der Waals surface area contributed by atoms with Gasteiger partial charge in [-0.15, -0.1) is 12.4 Å². The maximum Gasteiger partial charge on any atom is 0.250 e. The van der Waals surface area contributed by atoms with Gasteiger partial charge in [0.25, 0.3) is 5.88 Å². The minimum atomic E-state index is -0.732. The number of pyridine rings is 1. The highest BCUT2D eigenvalue weighted by atomic mass is 35.5. The molecule has 0 radical (unpaired) electrons. The molecule has 3 rings (SSSR count). The van der Waals surface area contributed by atoms with Crippen LogP contribution in [-0.2, 0) is 0 Å². The number of piperidine rings is 1. The molecule has 0 amide bonds. The van der Waals surface area contributed by atoms with E-state index in [0.717, 1.165) is 25.4 Å². The second kappa shape index (κ2) is 4.74. The lowest BCUT2D eigenvalue weighted by Gasteiger charge is -2.07. The second-order valence-corrected chi connectivity index (χ2v) is 4.40. The smallest absolute Gasteiger partial charge is 0.250 e. The summed E-state index contributed by atoms with van der Waals surface area (Å²) in [6.07, 6.45) is 0.966. The van der Waals surface area contributed by atoms with E-state index in [1.54, 1.807) is 0 Å². The van der Waals surface area contributed by atoms with E-state index < -0.39 is 11.6 Å². The maximum absolute atomic E-state index is 13.2. The molecule has 1 N–H and O–H groups in total. The molecule has 2 aliphatic rings. The molecule has 1 aliphatic heterocycles. The fourth-order valence-corrected chi connectivity index (χ4v) is 2.48. The van der Waals surface area contributed by atoms with Gasteiger partial charge in [0.05, 0.1) is 12.8 Å². The number of ether oxygens (including phenoxy) is 1. The summed E-state index contributed by atoms with van der Waals surface area (Å²) in [6.45, 7) is 2.53. The van der Waals surface area contributed by atoms with Crippen LogP contribution in [0.5, 0.6) is 5.88 Å². The zero-order valence-corrected chi connectivity index (χ0v) is 9.84. The minimum Gasteiger partial charge on any atom is -0.475 e. The van der Waals surface area contributed by atoms with Gasteiger partial charge in [0.2, 0.25) is 0 Å². The lowest BCUT2D eigenvalue weighted by molar-refractivity contribution is 0.256. The fourth-order valence-electron chi connectivity index (χ4n) is 2.48. The Bertz CT molecular complexity index is 408. The SMILES string of the molecule is Cl.Fc1cnc(OCC2[C@H]3CNC[C@@H]23)c(F)c1. The molecule has 2 heterocycles. The third kappa shape index (κ3) is 2.35. The number of halogens is 3. The Labute approximate surface area is 104 Å². The van der Waals surface area contributed by atoms with Gasteiger partial charge in [-0.1, -0.05) is 0 Å². The Morgan fingerprint density at radius 1 is 1.35 bits per heavy atom. The van der Waals surface area contributed by atoms with E-state index in [0.29, 0.717) is 24.4 Å². The first kappa shape index (κ1) is 12.5. The average Bonchev–Trinajstić information content (AvgIpc) is 2.71. The van der Waals surface area contributed by atoms with Crippen molar-refractivity contribution in [2.75, 3.05) is 19.7 Å². The summed E-state index contributed by atoms with van der Waals surface area (Å²) in [6, 6.07) is 0.789. The predicted molar refractivity (Wildman–Crippen MR) is 60.2 cm³/mol. The quantitative estimate of drug-likeness (QED) is 0.899. The van der Waals surface area contributed by atoms with Crippen LogP contribution in [0, 0.1) is 29.4 Å². The molecule has 2 fully saturated rings. The molecule has 6 heteroatoms. The lowest BCUT2D eigenvalue weighted by Crippen LogP contribution is -2.18. The van der Waals surface area contributed by atoms with Crippen LogP contribution in [0.4, 0.5) is 8.78 Å². The Hall–Kier alpha value is -0.940. The van der Waals surface area contributed by atoms with Crippen LogP contribution < -0.4 is 10.1 Å². The number of hydrogen-bond acceptors (Lipinski definition) is 3. The zero-order chi connectivity index (χ0) is 11.1. The summed E-state index contributed by atoms with van der Waals surface area (Å²) < 4.78 is 31.0. The Morgan fingerprint density at radius 2 is 2.06 bits per heavy atom. The first-order valence-corrected chi connectivity index (χ1v) is 5.40. The molecular formula is C11H13ClF2N2O. The fraction of sp³-hybridized carbons (Fsp3) is 0.545. The average molecular weight is 263 g/mol. The topological polar surface area (TPSA) is 34.1 Å². The summed E-state index contributed by atoms with van der Waals surface area (Å²) in [5.41, 5.74) is 0. The van der Waals surface area contributed by atoms with Gasteiger partial charge in [-0.05, 0) is 24.9 Å². The normalized spacial score (nSPS) is 29.4. The van der Waals surface area contributed by atoms with Gasteiger partial charge in [0, 0.05) is 12.0 Å². The number of nitrogens with zero attached hydrogens (tertiary/aromatic N) is 1. The molecule has 17 heavy (non-hydrogen) atoms. The molecule has 3 atom stereocenters. The second-order valence-electron chi connectivity index (χ2n) is 4.40. The van der Waals surface area contributed by atoms with E-state index in [1.807, 2.05) is 0 Å². The minimum absolute atomic E-state index is 0. The van der Waals surface area contributed by atoms with Crippen LogP contribution >= 0.6 is 12.4 Å². The molecule has 0 aromatic carbocycles. The summed E-state index contributed by atoms with van der Waals surface area (Å²) in [5.74, 6) is 0.333. The van der Waals surface area contributed by atoms with E-state index in [2.05, 4.69) is 10.3 Å². The highest BCUT2D eigenvalue weighted by Gasteiger charge is 2.53. The van der Waals surface area contributed by atoms with Crippen molar-refractivity contribution >= 4 is 12.4 Å². The Kier molecular flexibility index (Phi) is 3.49. The van der Waals surface area contributed by atoms with Gasteiger partial charge in [-0.2, -0.15) is 0 Å². The van der Waals surface area contributed by atoms with Gasteiger partial charge < -0.3 is 10.1 Å². The van der Waals surface area contributed by atoms with Crippen molar-refractivity contribution in [2.24, 2.45) is 17.8 Å². The number of aromatic nitrogens is 1. The van der Waals surface area contributed by atoms with Crippen molar-refractivity contribution in [3.05, 3.63) is 23.9 Å². The van der Waals surface area contributed by atoms with Gasteiger partial charge in [0.1, 0.15) is 5.82 Å².